The molecule has 0 aliphatic rings. The lowest BCUT2D eigenvalue weighted by molar-refractivity contribution is -0.136. The summed E-state index contributed by atoms with van der Waals surface area (Å²) >= 11 is 0. The van der Waals surface area contributed by atoms with Gasteiger partial charge in [-0.15, -0.1) is 0 Å². The normalized spacial score (nSPS) is 10.7. The predicted molar refractivity (Wildman–Crippen MR) is 118 cm³/mol. The molecule has 4 aromatic rings. The molecule has 0 amide bonds. The molecule has 0 heterocycles. The van der Waals surface area contributed by atoms with Gasteiger partial charge >= 0.3 is 5.97 Å². The highest BCUT2D eigenvalue weighted by Gasteiger charge is 2.12. The van der Waals surface area contributed by atoms with E-state index >= 15 is 0 Å². The monoisotopic (exact) mass is 398 g/mol. The summed E-state index contributed by atoms with van der Waals surface area (Å²) in [7, 11) is 1.65. The first-order valence-corrected chi connectivity index (χ1v) is 9.79. The lowest BCUT2D eigenvalue weighted by atomic mass is 9.99. The molecule has 0 unspecified atom stereocenters. The number of carbonyl (C=O) groups is 1. The summed E-state index contributed by atoms with van der Waals surface area (Å²) in [5, 5.41) is 11.0. The van der Waals surface area contributed by atoms with Crippen LogP contribution >= 0.6 is 0 Å². The van der Waals surface area contributed by atoms with E-state index < -0.39 is 5.97 Å². The highest BCUT2D eigenvalue weighted by atomic mass is 16.5. The number of hydrogen-bond acceptors (Lipinski definition) is 3. The van der Waals surface area contributed by atoms with E-state index in [1.807, 2.05) is 60.7 Å². The number of aliphatic carboxylic acids is 1. The lowest BCUT2D eigenvalue weighted by Crippen LogP contribution is -1.97. The minimum absolute atomic E-state index is 0.116. The second-order valence-corrected chi connectivity index (χ2v) is 7.03. The topological polar surface area (TPSA) is 55.8 Å². The Morgan fingerprint density at radius 3 is 2.23 bits per heavy atom. The maximum atomic E-state index is 10.8. The Labute approximate surface area is 175 Å². The molecule has 0 fully saturated rings. The number of carboxylic acid groups (broad SMARTS) is 1. The molecule has 0 aliphatic carbocycles. The molecule has 4 rings (SSSR count). The zero-order valence-corrected chi connectivity index (χ0v) is 16.7. The average Bonchev–Trinajstić information content (AvgIpc) is 2.79. The fourth-order valence-electron chi connectivity index (χ4n) is 3.44. The Bertz CT molecular complexity index is 1160. The Hall–Kier alpha value is -3.79. The fourth-order valence-corrected chi connectivity index (χ4v) is 3.44. The molecule has 150 valence electrons. The number of benzene rings is 4. The van der Waals surface area contributed by atoms with Crippen LogP contribution in [0.2, 0.25) is 0 Å². The number of fused-ring (bicyclic) bond motifs is 1. The summed E-state index contributed by atoms with van der Waals surface area (Å²) in [5.41, 5.74) is 3.00. The summed E-state index contributed by atoms with van der Waals surface area (Å²) in [4.78, 5) is 10.8. The highest BCUT2D eigenvalue weighted by molar-refractivity contribution is 5.95. The third-order valence-electron chi connectivity index (χ3n) is 5.05. The van der Waals surface area contributed by atoms with Crippen LogP contribution in [0.3, 0.4) is 0 Å². The van der Waals surface area contributed by atoms with Gasteiger partial charge in [0.05, 0.1) is 7.11 Å². The van der Waals surface area contributed by atoms with Crippen LogP contribution < -0.4 is 9.47 Å². The van der Waals surface area contributed by atoms with Crippen LogP contribution in [0, 0.1) is 0 Å². The number of hydrogen-bond donors (Lipinski definition) is 1. The summed E-state index contributed by atoms with van der Waals surface area (Å²) in [6.07, 6.45) is 0.617. The first-order chi connectivity index (χ1) is 14.6. The Morgan fingerprint density at radius 1 is 0.833 bits per heavy atom. The third-order valence-corrected chi connectivity index (χ3v) is 5.05. The van der Waals surface area contributed by atoms with E-state index in [4.69, 9.17) is 14.6 Å². The van der Waals surface area contributed by atoms with Crippen molar-refractivity contribution in [2.45, 2.75) is 12.8 Å². The molecule has 0 atom stereocenters. The van der Waals surface area contributed by atoms with E-state index in [0.29, 0.717) is 12.2 Å². The summed E-state index contributed by atoms with van der Waals surface area (Å²) < 4.78 is 11.6. The first-order valence-electron chi connectivity index (χ1n) is 9.79. The van der Waals surface area contributed by atoms with Gasteiger partial charge in [0.1, 0.15) is 17.2 Å². The molecular weight excluding hydrogens is 376 g/mol. The summed E-state index contributed by atoms with van der Waals surface area (Å²) in [6, 6.07) is 27.8. The van der Waals surface area contributed by atoms with Gasteiger partial charge in [0.25, 0.3) is 0 Å². The van der Waals surface area contributed by atoms with Crippen LogP contribution in [0.5, 0.6) is 17.2 Å². The number of rotatable bonds is 7. The molecule has 4 nitrogen and oxygen atoms in total. The number of methoxy groups -OCH3 is 1. The van der Waals surface area contributed by atoms with E-state index in [2.05, 4.69) is 24.3 Å². The van der Waals surface area contributed by atoms with Crippen LogP contribution in [0.4, 0.5) is 0 Å². The van der Waals surface area contributed by atoms with Crippen LogP contribution in [-0.4, -0.2) is 18.2 Å². The molecular formula is C26H22O4. The van der Waals surface area contributed by atoms with Crippen molar-refractivity contribution in [2.75, 3.05) is 7.11 Å². The number of carboxylic acids is 1. The molecule has 0 saturated heterocycles. The second-order valence-electron chi connectivity index (χ2n) is 7.03. The van der Waals surface area contributed by atoms with Gasteiger partial charge in [-0.25, -0.2) is 0 Å². The quantitative estimate of drug-likeness (QED) is 0.395. The lowest BCUT2D eigenvalue weighted by Gasteiger charge is -2.15. The first kappa shape index (κ1) is 19.5. The molecule has 0 aromatic heterocycles. The van der Waals surface area contributed by atoms with Gasteiger partial charge in [-0.1, -0.05) is 54.6 Å². The fraction of sp³-hybridized carbons (Fsp3) is 0.115. The molecule has 1 N–H and O–H groups in total. The Morgan fingerprint density at radius 2 is 1.53 bits per heavy atom. The van der Waals surface area contributed by atoms with Crippen LogP contribution in [0.25, 0.3) is 21.9 Å². The van der Waals surface area contributed by atoms with Gasteiger partial charge in [0.15, 0.2) is 0 Å². The highest BCUT2D eigenvalue weighted by Crippen LogP contribution is 2.40. The van der Waals surface area contributed by atoms with Crippen molar-refractivity contribution in [2.24, 2.45) is 0 Å². The van der Waals surface area contributed by atoms with Crippen molar-refractivity contribution in [3.63, 3.8) is 0 Å². The molecule has 0 saturated carbocycles. The van der Waals surface area contributed by atoms with Crippen LogP contribution in [0.1, 0.15) is 12.0 Å². The standard InChI is InChI=1S/C26H22O4/c1-29-21-14-9-20(10-15-21)24-16-11-19-4-2-3-5-23(19)26(24)30-22-12-6-18(7-13-22)8-17-25(27)28/h2-7,9-16H,8,17H2,1H3,(H,27,28). The molecule has 0 spiro atoms. The van der Waals surface area contributed by atoms with Crippen molar-refractivity contribution < 1.29 is 19.4 Å². The van der Waals surface area contributed by atoms with Gasteiger partial charge in [-0.3, -0.25) is 4.79 Å². The van der Waals surface area contributed by atoms with Crippen molar-refractivity contribution in [3.05, 3.63) is 90.5 Å². The number of ether oxygens (including phenoxy) is 2. The molecule has 30 heavy (non-hydrogen) atoms. The minimum Gasteiger partial charge on any atom is -0.497 e. The van der Waals surface area contributed by atoms with Gasteiger partial charge in [-0.2, -0.15) is 0 Å². The predicted octanol–water partition coefficient (Wildman–Crippen LogP) is 6.32. The third kappa shape index (κ3) is 4.28. The van der Waals surface area contributed by atoms with Crippen molar-refractivity contribution in [1.82, 2.24) is 0 Å². The van der Waals surface area contributed by atoms with E-state index in [0.717, 1.165) is 39.0 Å². The SMILES string of the molecule is COc1ccc(-c2ccc3ccccc3c2Oc2ccc(CCC(=O)O)cc2)cc1. The largest absolute Gasteiger partial charge is 0.497 e. The molecule has 0 bridgehead atoms. The smallest absolute Gasteiger partial charge is 0.303 e. The zero-order chi connectivity index (χ0) is 20.9. The molecule has 0 aliphatic heterocycles. The number of aryl methyl sites for hydroxylation is 1. The molecule has 4 aromatic carbocycles. The minimum atomic E-state index is -0.796. The van der Waals surface area contributed by atoms with Crippen LogP contribution in [0.15, 0.2) is 84.9 Å². The maximum Gasteiger partial charge on any atom is 0.303 e. The van der Waals surface area contributed by atoms with E-state index in [1.165, 1.54) is 0 Å². The molecule has 0 radical (unpaired) electrons. The van der Waals surface area contributed by atoms with Crippen LogP contribution in [-0.2, 0) is 11.2 Å². The van der Waals surface area contributed by atoms with Crippen molar-refractivity contribution in [1.29, 1.82) is 0 Å². The van der Waals surface area contributed by atoms with Crippen molar-refractivity contribution in [3.8, 4) is 28.4 Å². The zero-order valence-electron chi connectivity index (χ0n) is 16.7. The van der Waals surface area contributed by atoms with Gasteiger partial charge in [0, 0.05) is 17.4 Å². The van der Waals surface area contributed by atoms with E-state index in [-0.39, 0.29) is 6.42 Å². The van der Waals surface area contributed by atoms with Gasteiger partial charge in [0.2, 0.25) is 0 Å². The average molecular weight is 398 g/mol. The van der Waals surface area contributed by atoms with E-state index in [1.54, 1.807) is 7.11 Å². The van der Waals surface area contributed by atoms with Crippen molar-refractivity contribution >= 4 is 16.7 Å². The Kier molecular flexibility index (Phi) is 5.66. The molecule has 4 heteroatoms. The maximum absolute atomic E-state index is 10.8. The summed E-state index contributed by atoms with van der Waals surface area (Å²) in [5.74, 6) is 1.51. The van der Waals surface area contributed by atoms with Gasteiger partial charge in [-0.05, 0) is 53.3 Å². The Balaban J connectivity index is 1.71. The van der Waals surface area contributed by atoms with E-state index in [9.17, 15) is 4.79 Å². The van der Waals surface area contributed by atoms with Gasteiger partial charge < -0.3 is 14.6 Å². The second kappa shape index (κ2) is 8.70. The summed E-state index contributed by atoms with van der Waals surface area (Å²) in [6.45, 7) is 0.